The number of benzene rings is 2. The van der Waals surface area contributed by atoms with E-state index in [0.29, 0.717) is 18.7 Å². The van der Waals surface area contributed by atoms with Crippen LogP contribution in [0.4, 0.5) is 8.78 Å². The molecule has 2 aromatic rings. The molecule has 2 aromatic carbocycles. The van der Waals surface area contributed by atoms with Gasteiger partial charge in [0.05, 0.1) is 0 Å². The smallest absolute Gasteiger partial charge is 0.127 e. The summed E-state index contributed by atoms with van der Waals surface area (Å²) in [6, 6.07) is 9.73. The Morgan fingerprint density at radius 2 is 1.63 bits per heavy atom. The molecular formula is C16H17F2N. The van der Waals surface area contributed by atoms with Crippen molar-refractivity contribution >= 4 is 0 Å². The van der Waals surface area contributed by atoms with Gasteiger partial charge in [-0.15, -0.1) is 0 Å². The molecule has 0 saturated carbocycles. The fourth-order valence-electron chi connectivity index (χ4n) is 2.05. The van der Waals surface area contributed by atoms with Gasteiger partial charge in [-0.3, -0.25) is 0 Å². The van der Waals surface area contributed by atoms with Gasteiger partial charge < -0.3 is 5.32 Å². The van der Waals surface area contributed by atoms with Crippen molar-refractivity contribution in [3.8, 4) is 0 Å². The summed E-state index contributed by atoms with van der Waals surface area (Å²) in [5.41, 5.74) is 3.94. The highest BCUT2D eigenvalue weighted by Crippen LogP contribution is 2.12. The Bertz CT molecular complexity index is 579. The summed E-state index contributed by atoms with van der Waals surface area (Å²) in [6.07, 6.45) is 0. The lowest BCUT2D eigenvalue weighted by Gasteiger charge is -2.09. The van der Waals surface area contributed by atoms with Crippen LogP contribution in [0.1, 0.15) is 22.3 Å². The van der Waals surface area contributed by atoms with Crippen molar-refractivity contribution in [2.24, 2.45) is 0 Å². The Morgan fingerprint density at radius 3 is 2.37 bits per heavy atom. The summed E-state index contributed by atoms with van der Waals surface area (Å²) < 4.78 is 26.4. The Kier molecular flexibility index (Phi) is 4.27. The Balaban J connectivity index is 1.98. The van der Waals surface area contributed by atoms with Crippen molar-refractivity contribution < 1.29 is 8.78 Å². The second-order valence-electron chi connectivity index (χ2n) is 4.77. The Labute approximate surface area is 112 Å². The monoisotopic (exact) mass is 261 g/mol. The maximum atomic E-state index is 13.4. The molecule has 0 aromatic heterocycles. The van der Waals surface area contributed by atoms with Gasteiger partial charge >= 0.3 is 0 Å². The van der Waals surface area contributed by atoms with Gasteiger partial charge in [0, 0.05) is 18.7 Å². The molecule has 19 heavy (non-hydrogen) atoms. The van der Waals surface area contributed by atoms with Crippen LogP contribution in [0.5, 0.6) is 0 Å². The summed E-state index contributed by atoms with van der Waals surface area (Å²) in [5.74, 6) is -0.792. The highest BCUT2D eigenvalue weighted by molar-refractivity contribution is 5.30. The predicted octanol–water partition coefficient (Wildman–Crippen LogP) is 3.87. The largest absolute Gasteiger partial charge is 0.308 e. The molecule has 0 aliphatic carbocycles. The minimum absolute atomic E-state index is 0.316. The standard InChI is InChI=1S/C16H17F2N/c1-11-3-4-13(12(2)7-11)9-19-10-14-8-15(17)5-6-16(14)18/h3-8,19H,9-10H2,1-2H3. The van der Waals surface area contributed by atoms with Crippen molar-refractivity contribution in [3.63, 3.8) is 0 Å². The Hall–Kier alpha value is -1.74. The van der Waals surface area contributed by atoms with Gasteiger partial charge in [-0.25, -0.2) is 8.78 Å². The van der Waals surface area contributed by atoms with E-state index in [9.17, 15) is 8.78 Å². The molecule has 0 atom stereocenters. The molecule has 0 amide bonds. The Morgan fingerprint density at radius 1 is 0.895 bits per heavy atom. The van der Waals surface area contributed by atoms with Gasteiger partial charge in [-0.1, -0.05) is 23.8 Å². The van der Waals surface area contributed by atoms with Crippen LogP contribution in [-0.4, -0.2) is 0 Å². The van der Waals surface area contributed by atoms with Crippen LogP contribution in [0, 0.1) is 25.5 Å². The van der Waals surface area contributed by atoms with Crippen molar-refractivity contribution in [1.82, 2.24) is 5.32 Å². The number of hydrogen-bond donors (Lipinski definition) is 1. The van der Waals surface area contributed by atoms with E-state index in [0.717, 1.165) is 12.1 Å². The maximum absolute atomic E-state index is 13.4. The molecular weight excluding hydrogens is 244 g/mol. The molecule has 0 aliphatic heterocycles. The lowest BCUT2D eigenvalue weighted by Crippen LogP contribution is -2.14. The third kappa shape index (κ3) is 3.61. The molecule has 0 heterocycles. The van der Waals surface area contributed by atoms with E-state index in [1.54, 1.807) is 0 Å². The number of aryl methyl sites for hydroxylation is 2. The molecule has 0 bridgehead atoms. The summed E-state index contributed by atoms with van der Waals surface area (Å²) in [4.78, 5) is 0. The van der Waals surface area contributed by atoms with E-state index < -0.39 is 5.82 Å². The molecule has 0 aliphatic rings. The third-order valence-electron chi connectivity index (χ3n) is 3.14. The first-order valence-electron chi connectivity index (χ1n) is 6.27. The van der Waals surface area contributed by atoms with Gasteiger partial charge in [0.1, 0.15) is 11.6 Å². The average Bonchev–Trinajstić information content (AvgIpc) is 2.36. The number of hydrogen-bond acceptors (Lipinski definition) is 1. The first-order chi connectivity index (χ1) is 9.06. The van der Waals surface area contributed by atoms with E-state index in [4.69, 9.17) is 0 Å². The van der Waals surface area contributed by atoms with Crippen LogP contribution in [0.3, 0.4) is 0 Å². The first kappa shape index (κ1) is 13.7. The molecule has 100 valence electrons. The quantitative estimate of drug-likeness (QED) is 0.881. The first-order valence-corrected chi connectivity index (χ1v) is 6.27. The van der Waals surface area contributed by atoms with Gasteiger partial charge in [0.15, 0.2) is 0 Å². The molecule has 0 saturated heterocycles. The summed E-state index contributed by atoms with van der Waals surface area (Å²) >= 11 is 0. The van der Waals surface area contributed by atoms with Crippen LogP contribution >= 0.6 is 0 Å². The van der Waals surface area contributed by atoms with Gasteiger partial charge in [0.25, 0.3) is 0 Å². The summed E-state index contributed by atoms with van der Waals surface area (Å²) in [5, 5.41) is 3.14. The second kappa shape index (κ2) is 5.93. The normalized spacial score (nSPS) is 10.7. The van der Waals surface area contributed by atoms with E-state index in [1.165, 1.54) is 22.8 Å². The van der Waals surface area contributed by atoms with Crippen LogP contribution < -0.4 is 5.32 Å². The minimum Gasteiger partial charge on any atom is -0.308 e. The molecule has 0 radical (unpaired) electrons. The molecule has 0 unspecified atom stereocenters. The summed E-state index contributed by atoms with van der Waals surface area (Å²) in [6.45, 7) is 5.05. The van der Waals surface area contributed by atoms with E-state index in [-0.39, 0.29) is 5.82 Å². The SMILES string of the molecule is Cc1ccc(CNCc2cc(F)ccc2F)c(C)c1. The van der Waals surface area contributed by atoms with Gasteiger partial charge in [-0.2, -0.15) is 0 Å². The minimum atomic E-state index is -0.412. The number of halogens is 2. The van der Waals surface area contributed by atoms with Gasteiger partial charge in [-0.05, 0) is 43.2 Å². The molecule has 0 fully saturated rings. The van der Waals surface area contributed by atoms with Crippen LogP contribution in [0.25, 0.3) is 0 Å². The predicted molar refractivity (Wildman–Crippen MR) is 72.8 cm³/mol. The van der Waals surface area contributed by atoms with Crippen molar-refractivity contribution in [3.05, 3.63) is 70.3 Å². The highest BCUT2D eigenvalue weighted by Gasteiger charge is 2.04. The average molecular weight is 261 g/mol. The third-order valence-corrected chi connectivity index (χ3v) is 3.14. The van der Waals surface area contributed by atoms with Crippen LogP contribution in [-0.2, 0) is 13.1 Å². The maximum Gasteiger partial charge on any atom is 0.127 e. The fraction of sp³-hybridized carbons (Fsp3) is 0.250. The second-order valence-corrected chi connectivity index (χ2v) is 4.77. The zero-order valence-corrected chi connectivity index (χ0v) is 11.1. The van der Waals surface area contributed by atoms with Gasteiger partial charge in [0.2, 0.25) is 0 Å². The van der Waals surface area contributed by atoms with E-state index in [1.807, 2.05) is 19.9 Å². The highest BCUT2D eigenvalue weighted by atomic mass is 19.1. The molecule has 1 nitrogen and oxygen atoms in total. The van der Waals surface area contributed by atoms with Crippen molar-refractivity contribution in [2.75, 3.05) is 0 Å². The lowest BCUT2D eigenvalue weighted by molar-refractivity contribution is 0.568. The van der Waals surface area contributed by atoms with Crippen LogP contribution in [0.15, 0.2) is 36.4 Å². The molecule has 3 heteroatoms. The zero-order chi connectivity index (χ0) is 13.8. The zero-order valence-electron chi connectivity index (χ0n) is 11.1. The number of rotatable bonds is 4. The molecule has 1 N–H and O–H groups in total. The number of nitrogens with one attached hydrogen (secondary N) is 1. The molecule has 2 rings (SSSR count). The van der Waals surface area contributed by atoms with Crippen molar-refractivity contribution in [1.29, 1.82) is 0 Å². The van der Waals surface area contributed by atoms with Crippen LogP contribution in [0.2, 0.25) is 0 Å². The summed E-state index contributed by atoms with van der Waals surface area (Å²) in [7, 11) is 0. The fourth-order valence-corrected chi connectivity index (χ4v) is 2.05. The topological polar surface area (TPSA) is 12.0 Å². The lowest BCUT2D eigenvalue weighted by atomic mass is 10.1. The van der Waals surface area contributed by atoms with E-state index in [2.05, 4.69) is 17.4 Å². The molecule has 0 spiro atoms. The van der Waals surface area contributed by atoms with E-state index >= 15 is 0 Å². The van der Waals surface area contributed by atoms with Crippen molar-refractivity contribution in [2.45, 2.75) is 26.9 Å².